The number of morpholine rings is 1. The van der Waals surface area contributed by atoms with E-state index in [2.05, 4.69) is 9.97 Å². The number of nitrogens with zero attached hydrogens (tertiary/aromatic N) is 4. The Bertz CT molecular complexity index is 1580. The van der Waals surface area contributed by atoms with Gasteiger partial charge in [0.25, 0.3) is 0 Å². The number of aromatic nitrogens is 2. The number of hydrogen-bond donors (Lipinski definition) is 1. The molecule has 1 unspecified atom stereocenters. The molecule has 1 fully saturated rings. The lowest BCUT2D eigenvalue weighted by Gasteiger charge is -2.27. The van der Waals surface area contributed by atoms with Crippen molar-refractivity contribution in [2.75, 3.05) is 46.4 Å². The van der Waals surface area contributed by atoms with Crippen LogP contribution in [-0.4, -0.2) is 69.7 Å². The third-order valence-electron chi connectivity index (χ3n) is 6.27. The van der Waals surface area contributed by atoms with Gasteiger partial charge in [0.2, 0.25) is 20.0 Å². The Morgan fingerprint density at radius 3 is 2.20 bits per heavy atom. The maximum atomic E-state index is 15.9. The van der Waals surface area contributed by atoms with E-state index in [1.54, 1.807) is 6.20 Å². The minimum Gasteiger partial charge on any atom is -0.383 e. The Kier molecular flexibility index (Phi) is 8.87. The highest BCUT2D eigenvalue weighted by molar-refractivity contribution is 8.10. The van der Waals surface area contributed by atoms with Gasteiger partial charge >= 0.3 is 0 Å². The smallest absolute Gasteiger partial charge is 0.248 e. The number of halogens is 3. The lowest BCUT2D eigenvalue weighted by Crippen LogP contribution is -2.40. The highest BCUT2D eigenvalue weighted by Gasteiger charge is 2.38. The predicted octanol–water partition coefficient (Wildman–Crippen LogP) is 3.25. The van der Waals surface area contributed by atoms with Gasteiger partial charge in [-0.2, -0.15) is 3.71 Å². The molecule has 1 atom stereocenters. The second-order valence-corrected chi connectivity index (χ2v) is 13.3. The van der Waals surface area contributed by atoms with Crippen LogP contribution in [-0.2, 0) is 24.8 Å². The molecule has 0 amide bonds. The number of benzene rings is 2. The van der Waals surface area contributed by atoms with Crippen LogP contribution in [0.3, 0.4) is 0 Å². The number of rotatable bonds is 10. The summed E-state index contributed by atoms with van der Waals surface area (Å²) in [6.07, 6.45) is -0.626. The first kappa shape index (κ1) is 30.0. The number of anilines is 2. The second kappa shape index (κ2) is 11.8. The van der Waals surface area contributed by atoms with Crippen LogP contribution in [0.5, 0.6) is 0 Å². The van der Waals surface area contributed by atoms with Crippen molar-refractivity contribution in [3.63, 3.8) is 0 Å². The molecule has 3 aromatic rings. The van der Waals surface area contributed by atoms with Crippen LogP contribution in [0.2, 0.25) is 0 Å². The molecule has 40 heavy (non-hydrogen) atoms. The van der Waals surface area contributed by atoms with E-state index < -0.39 is 66.4 Å². The first-order valence-electron chi connectivity index (χ1n) is 12.6. The van der Waals surface area contributed by atoms with Crippen molar-refractivity contribution >= 4 is 42.6 Å². The largest absolute Gasteiger partial charge is 0.383 e. The standard InChI is InChI=1S/C25H29F3N4O6S2/c1-3-11-39(34,35)32(40(36,37)12-4-2)20-14-17(26)23(27)22(24(20)28)25(33)16-5-6-18-19(13-16)30-21(15-29-18)31-7-9-38-10-8-31/h5-6,13-15,25,33H,3-4,7-12H2,1-2H3. The van der Waals surface area contributed by atoms with Crippen molar-refractivity contribution in [2.24, 2.45) is 0 Å². The highest BCUT2D eigenvalue weighted by Crippen LogP contribution is 2.37. The van der Waals surface area contributed by atoms with Gasteiger partial charge in [-0.3, -0.25) is 4.98 Å². The van der Waals surface area contributed by atoms with E-state index in [0.29, 0.717) is 37.6 Å². The first-order valence-corrected chi connectivity index (χ1v) is 15.8. The Morgan fingerprint density at radius 2 is 1.60 bits per heavy atom. The molecule has 0 saturated carbocycles. The van der Waals surface area contributed by atoms with E-state index in [-0.39, 0.29) is 33.7 Å². The Morgan fingerprint density at radius 1 is 0.975 bits per heavy atom. The molecule has 10 nitrogen and oxygen atoms in total. The summed E-state index contributed by atoms with van der Waals surface area (Å²) < 4.78 is 103. The summed E-state index contributed by atoms with van der Waals surface area (Å²) in [4.78, 5) is 10.8. The molecule has 15 heteroatoms. The van der Waals surface area contributed by atoms with E-state index in [4.69, 9.17) is 4.74 Å². The minimum atomic E-state index is -4.71. The topological polar surface area (TPSA) is 130 Å². The minimum absolute atomic E-state index is 0.0220. The molecule has 1 aromatic heterocycles. The summed E-state index contributed by atoms with van der Waals surface area (Å²) in [7, 11) is -9.41. The number of aliphatic hydroxyl groups excluding tert-OH is 1. The van der Waals surface area contributed by atoms with Gasteiger partial charge in [0.1, 0.15) is 17.6 Å². The molecule has 0 bridgehead atoms. The van der Waals surface area contributed by atoms with Crippen molar-refractivity contribution in [1.29, 1.82) is 0 Å². The van der Waals surface area contributed by atoms with E-state index in [1.165, 1.54) is 32.0 Å². The van der Waals surface area contributed by atoms with Crippen LogP contribution in [0.25, 0.3) is 11.0 Å². The molecule has 2 heterocycles. The van der Waals surface area contributed by atoms with Crippen LogP contribution < -0.4 is 8.61 Å². The molecule has 1 N–H and O–H groups in total. The SMILES string of the molecule is CCCS(=O)(=O)N(c1cc(F)c(F)c(C(O)c2ccc3ncc(N4CCOCC4)nc3c2)c1F)S(=O)(=O)CCC. The zero-order valence-corrected chi connectivity index (χ0v) is 23.5. The average molecular weight is 603 g/mol. The summed E-state index contributed by atoms with van der Waals surface area (Å²) in [5.74, 6) is -6.11. The third kappa shape index (κ3) is 5.87. The third-order valence-corrected chi connectivity index (χ3v) is 10.9. The summed E-state index contributed by atoms with van der Waals surface area (Å²) in [5, 5.41) is 11.0. The zero-order chi connectivity index (χ0) is 29.2. The lowest BCUT2D eigenvalue weighted by atomic mass is 9.99. The normalized spacial score (nSPS) is 15.4. The van der Waals surface area contributed by atoms with Crippen LogP contribution >= 0.6 is 0 Å². The van der Waals surface area contributed by atoms with Gasteiger partial charge in [-0.1, -0.05) is 19.9 Å². The molecule has 0 aliphatic carbocycles. The van der Waals surface area contributed by atoms with Crippen molar-refractivity contribution in [1.82, 2.24) is 9.97 Å². The molecule has 1 saturated heterocycles. The van der Waals surface area contributed by atoms with E-state index in [9.17, 15) is 26.3 Å². The summed E-state index contributed by atoms with van der Waals surface area (Å²) in [5.41, 5.74) is -1.89. The molecular formula is C25H29F3N4O6S2. The van der Waals surface area contributed by atoms with Crippen molar-refractivity contribution in [3.8, 4) is 0 Å². The van der Waals surface area contributed by atoms with Gasteiger partial charge in [0, 0.05) is 19.2 Å². The van der Waals surface area contributed by atoms with Gasteiger partial charge in [-0.25, -0.2) is 35.0 Å². The van der Waals surface area contributed by atoms with Crippen LogP contribution in [0.15, 0.2) is 30.5 Å². The van der Waals surface area contributed by atoms with E-state index >= 15 is 8.78 Å². The number of ether oxygens (including phenoxy) is 1. The number of fused-ring (bicyclic) bond motifs is 1. The lowest BCUT2D eigenvalue weighted by molar-refractivity contribution is 0.122. The van der Waals surface area contributed by atoms with Gasteiger partial charge in [0.15, 0.2) is 17.5 Å². The van der Waals surface area contributed by atoms with Gasteiger partial charge in [-0.15, -0.1) is 0 Å². The monoisotopic (exact) mass is 602 g/mol. The predicted molar refractivity (Wildman–Crippen MR) is 144 cm³/mol. The van der Waals surface area contributed by atoms with Gasteiger partial charge < -0.3 is 14.7 Å². The van der Waals surface area contributed by atoms with Gasteiger partial charge in [-0.05, 0) is 30.5 Å². The van der Waals surface area contributed by atoms with Crippen LogP contribution in [0.4, 0.5) is 24.7 Å². The fraction of sp³-hybridized carbons (Fsp3) is 0.440. The molecule has 1 aliphatic rings. The number of aliphatic hydroxyl groups is 1. The Balaban J connectivity index is 1.84. The quantitative estimate of drug-likeness (QED) is 0.348. The average Bonchev–Trinajstić information content (AvgIpc) is 2.91. The van der Waals surface area contributed by atoms with Gasteiger partial charge in [0.05, 0.1) is 47.5 Å². The molecular weight excluding hydrogens is 573 g/mol. The number of sulfonamides is 2. The van der Waals surface area contributed by atoms with Crippen LogP contribution in [0, 0.1) is 17.5 Å². The van der Waals surface area contributed by atoms with Crippen molar-refractivity contribution < 1.29 is 39.9 Å². The molecule has 1 aliphatic heterocycles. The van der Waals surface area contributed by atoms with Crippen molar-refractivity contribution in [2.45, 2.75) is 32.8 Å². The maximum absolute atomic E-state index is 15.9. The molecule has 2 aromatic carbocycles. The molecule has 4 rings (SSSR count). The first-order chi connectivity index (χ1) is 18.9. The maximum Gasteiger partial charge on any atom is 0.248 e. The summed E-state index contributed by atoms with van der Waals surface area (Å²) in [6.45, 7) is 5.07. The van der Waals surface area contributed by atoms with Crippen LogP contribution in [0.1, 0.15) is 43.9 Å². The Labute approximate surface area is 230 Å². The second-order valence-electron chi connectivity index (χ2n) is 9.23. The molecule has 0 spiro atoms. The van der Waals surface area contributed by atoms with E-state index in [0.717, 1.165) is 0 Å². The number of hydrogen-bond acceptors (Lipinski definition) is 9. The highest BCUT2D eigenvalue weighted by atomic mass is 32.3. The molecule has 218 valence electrons. The summed E-state index contributed by atoms with van der Waals surface area (Å²) >= 11 is 0. The van der Waals surface area contributed by atoms with E-state index in [1.807, 2.05) is 4.90 Å². The fourth-order valence-electron chi connectivity index (χ4n) is 4.44. The fourth-order valence-corrected chi connectivity index (χ4v) is 8.50. The zero-order valence-electron chi connectivity index (χ0n) is 21.8. The summed E-state index contributed by atoms with van der Waals surface area (Å²) in [6, 6.07) is 4.24. The molecule has 0 radical (unpaired) electrons. The van der Waals surface area contributed by atoms with Crippen molar-refractivity contribution in [3.05, 3.63) is 59.0 Å². The Hall–Kier alpha value is -3.01.